The molecule has 1 amide bonds. The average Bonchev–Trinajstić information content (AvgIpc) is 2.94. The van der Waals surface area contributed by atoms with E-state index in [2.05, 4.69) is 17.3 Å². The molecule has 2 heterocycles. The first-order valence-corrected chi connectivity index (χ1v) is 11.2. The van der Waals surface area contributed by atoms with Gasteiger partial charge < -0.3 is 5.32 Å². The highest BCUT2D eigenvalue weighted by molar-refractivity contribution is 7.89. The van der Waals surface area contributed by atoms with Gasteiger partial charge in [-0.1, -0.05) is 13.0 Å². The van der Waals surface area contributed by atoms with Crippen molar-refractivity contribution in [1.82, 2.24) is 14.1 Å². The van der Waals surface area contributed by atoms with Gasteiger partial charge in [0, 0.05) is 25.2 Å². The van der Waals surface area contributed by atoms with Crippen LogP contribution in [-0.2, 0) is 21.4 Å². The lowest BCUT2D eigenvalue weighted by atomic mass is 10.0. The van der Waals surface area contributed by atoms with Crippen LogP contribution in [0.1, 0.15) is 37.6 Å². The number of amides is 1. The van der Waals surface area contributed by atoms with E-state index in [0.717, 1.165) is 12.8 Å². The van der Waals surface area contributed by atoms with Gasteiger partial charge in [-0.05, 0) is 50.8 Å². The van der Waals surface area contributed by atoms with E-state index >= 15 is 0 Å². The van der Waals surface area contributed by atoms with Gasteiger partial charge in [-0.3, -0.25) is 9.48 Å². The van der Waals surface area contributed by atoms with Crippen molar-refractivity contribution in [3.63, 3.8) is 0 Å². The topological polar surface area (TPSA) is 84.3 Å². The van der Waals surface area contributed by atoms with Crippen LogP contribution in [0.4, 0.5) is 10.1 Å². The van der Waals surface area contributed by atoms with Crippen LogP contribution < -0.4 is 5.32 Å². The standard InChI is InChI=1S/C20H27FN4O3S/c1-14-7-10-24(11-8-14)29(27,28)20-15(2)23-25(16(20)3)12-9-19(26)22-18-6-4-5-17(21)13-18/h4-6,13-14H,7-12H2,1-3H3,(H,22,26). The Bertz CT molecular complexity index is 995. The number of carbonyl (C=O) groups excluding carboxylic acids is 1. The highest BCUT2D eigenvalue weighted by Gasteiger charge is 2.32. The Morgan fingerprint density at radius 3 is 2.62 bits per heavy atom. The van der Waals surface area contributed by atoms with Crippen LogP contribution in [0.25, 0.3) is 0 Å². The molecule has 0 spiro atoms. The number of anilines is 1. The minimum Gasteiger partial charge on any atom is -0.326 e. The molecule has 9 heteroatoms. The Hall–Kier alpha value is -2.26. The third-order valence-corrected chi connectivity index (χ3v) is 7.47. The minimum absolute atomic E-state index is 0.0964. The van der Waals surface area contributed by atoms with Crippen LogP contribution in [0, 0.1) is 25.6 Å². The second kappa shape index (κ2) is 8.62. The second-order valence-electron chi connectivity index (χ2n) is 7.62. The number of hydrogen-bond donors (Lipinski definition) is 1. The summed E-state index contributed by atoms with van der Waals surface area (Å²) in [6.07, 6.45) is 1.80. The molecule has 1 aromatic heterocycles. The van der Waals surface area contributed by atoms with Gasteiger partial charge in [-0.15, -0.1) is 0 Å². The number of nitrogens with one attached hydrogen (secondary N) is 1. The van der Waals surface area contributed by atoms with Crippen molar-refractivity contribution >= 4 is 21.6 Å². The molecule has 0 bridgehead atoms. The zero-order chi connectivity index (χ0) is 21.2. The van der Waals surface area contributed by atoms with E-state index in [0.29, 0.717) is 36.1 Å². The van der Waals surface area contributed by atoms with Crippen molar-refractivity contribution in [2.45, 2.75) is 51.5 Å². The van der Waals surface area contributed by atoms with E-state index in [-0.39, 0.29) is 23.8 Å². The zero-order valence-corrected chi connectivity index (χ0v) is 17.8. The van der Waals surface area contributed by atoms with Crippen molar-refractivity contribution < 1.29 is 17.6 Å². The predicted molar refractivity (Wildman–Crippen MR) is 109 cm³/mol. The number of nitrogens with zero attached hydrogens (tertiary/aromatic N) is 3. The Labute approximate surface area is 171 Å². The molecule has 1 saturated heterocycles. The third-order valence-electron chi connectivity index (χ3n) is 5.31. The molecule has 0 aliphatic carbocycles. The summed E-state index contributed by atoms with van der Waals surface area (Å²) < 4.78 is 42.6. The number of carbonyl (C=O) groups is 1. The quantitative estimate of drug-likeness (QED) is 0.775. The maximum atomic E-state index is 13.2. The van der Waals surface area contributed by atoms with Gasteiger partial charge in [0.1, 0.15) is 10.7 Å². The summed E-state index contributed by atoms with van der Waals surface area (Å²) in [5, 5.41) is 6.98. The molecule has 1 fully saturated rings. The molecule has 0 unspecified atom stereocenters. The number of rotatable bonds is 6. The predicted octanol–water partition coefficient (Wildman–Crippen LogP) is 3.09. The van der Waals surface area contributed by atoms with E-state index in [1.54, 1.807) is 24.6 Å². The number of piperidine rings is 1. The SMILES string of the molecule is Cc1nn(CCC(=O)Nc2cccc(F)c2)c(C)c1S(=O)(=O)N1CCC(C)CC1. The first kappa shape index (κ1) is 21.4. The van der Waals surface area contributed by atoms with Crippen LogP contribution >= 0.6 is 0 Å². The number of benzene rings is 1. The summed E-state index contributed by atoms with van der Waals surface area (Å²) in [5.74, 6) is -0.191. The van der Waals surface area contributed by atoms with Crippen molar-refractivity contribution in [2.75, 3.05) is 18.4 Å². The second-order valence-corrected chi connectivity index (χ2v) is 9.49. The molecule has 1 N–H and O–H groups in total. The number of aryl methyl sites for hydroxylation is 2. The lowest BCUT2D eigenvalue weighted by Crippen LogP contribution is -2.38. The third kappa shape index (κ3) is 4.84. The van der Waals surface area contributed by atoms with Gasteiger partial charge in [0.25, 0.3) is 0 Å². The van der Waals surface area contributed by atoms with Gasteiger partial charge in [0.2, 0.25) is 15.9 Å². The minimum atomic E-state index is -3.61. The molecule has 158 valence electrons. The smallest absolute Gasteiger partial charge is 0.246 e. The zero-order valence-electron chi connectivity index (χ0n) is 17.0. The molecule has 7 nitrogen and oxygen atoms in total. The van der Waals surface area contributed by atoms with Gasteiger partial charge in [0.15, 0.2) is 0 Å². The van der Waals surface area contributed by atoms with Crippen LogP contribution in [0.3, 0.4) is 0 Å². The molecule has 3 rings (SSSR count). The molecule has 0 saturated carbocycles. The van der Waals surface area contributed by atoms with Gasteiger partial charge in [-0.25, -0.2) is 12.8 Å². The monoisotopic (exact) mass is 422 g/mol. The highest BCUT2D eigenvalue weighted by Crippen LogP contribution is 2.27. The Morgan fingerprint density at radius 2 is 1.97 bits per heavy atom. The largest absolute Gasteiger partial charge is 0.326 e. The van der Waals surface area contributed by atoms with Gasteiger partial charge in [0.05, 0.1) is 17.9 Å². The summed E-state index contributed by atoms with van der Waals surface area (Å²) in [6, 6.07) is 5.67. The van der Waals surface area contributed by atoms with E-state index in [1.165, 1.54) is 22.5 Å². The van der Waals surface area contributed by atoms with Gasteiger partial charge >= 0.3 is 0 Å². The van der Waals surface area contributed by atoms with E-state index in [9.17, 15) is 17.6 Å². The fraction of sp³-hybridized carbons (Fsp3) is 0.500. The molecule has 1 aliphatic heterocycles. The molecule has 29 heavy (non-hydrogen) atoms. The molecule has 1 aliphatic rings. The molecule has 0 atom stereocenters. The summed E-state index contributed by atoms with van der Waals surface area (Å²) in [6.45, 7) is 6.79. The van der Waals surface area contributed by atoms with Gasteiger partial charge in [-0.2, -0.15) is 9.40 Å². The van der Waals surface area contributed by atoms with E-state index < -0.39 is 15.8 Å². The van der Waals surface area contributed by atoms with E-state index in [4.69, 9.17) is 0 Å². The van der Waals surface area contributed by atoms with Crippen LogP contribution in [0.5, 0.6) is 0 Å². The normalized spacial score (nSPS) is 16.1. The average molecular weight is 423 g/mol. The highest BCUT2D eigenvalue weighted by atomic mass is 32.2. The fourth-order valence-electron chi connectivity index (χ4n) is 3.62. The number of halogens is 1. The van der Waals surface area contributed by atoms with Crippen molar-refractivity contribution in [2.24, 2.45) is 5.92 Å². The molecule has 0 radical (unpaired) electrons. The number of aromatic nitrogens is 2. The fourth-order valence-corrected chi connectivity index (χ4v) is 5.47. The maximum absolute atomic E-state index is 13.2. The van der Waals surface area contributed by atoms with Crippen LogP contribution in [0.15, 0.2) is 29.2 Å². The molecular weight excluding hydrogens is 395 g/mol. The first-order chi connectivity index (χ1) is 13.7. The summed E-state index contributed by atoms with van der Waals surface area (Å²) >= 11 is 0. The van der Waals surface area contributed by atoms with Crippen LogP contribution in [0.2, 0.25) is 0 Å². The van der Waals surface area contributed by atoms with Crippen molar-refractivity contribution in [3.05, 3.63) is 41.5 Å². The molecule has 2 aromatic rings. The summed E-state index contributed by atoms with van der Waals surface area (Å²) in [5.41, 5.74) is 1.34. The summed E-state index contributed by atoms with van der Waals surface area (Å²) in [4.78, 5) is 12.4. The first-order valence-electron chi connectivity index (χ1n) is 9.78. The Kier molecular flexibility index (Phi) is 6.38. The Balaban J connectivity index is 1.70. The maximum Gasteiger partial charge on any atom is 0.246 e. The number of sulfonamides is 1. The van der Waals surface area contributed by atoms with Crippen molar-refractivity contribution in [3.8, 4) is 0 Å². The Morgan fingerprint density at radius 1 is 1.28 bits per heavy atom. The molecule has 1 aromatic carbocycles. The lowest BCUT2D eigenvalue weighted by molar-refractivity contribution is -0.116. The van der Waals surface area contributed by atoms with E-state index in [1.807, 2.05) is 0 Å². The summed E-state index contributed by atoms with van der Waals surface area (Å²) in [7, 11) is -3.61. The lowest BCUT2D eigenvalue weighted by Gasteiger charge is -2.29. The number of hydrogen-bond acceptors (Lipinski definition) is 4. The van der Waals surface area contributed by atoms with Crippen molar-refractivity contribution in [1.29, 1.82) is 0 Å². The van der Waals surface area contributed by atoms with Crippen LogP contribution in [-0.4, -0.2) is 41.5 Å². The molecular formula is C20H27FN4O3S.